The molecular formula is C40H46N8O5S. The summed E-state index contributed by atoms with van der Waals surface area (Å²) in [6.45, 7) is 9.95. The molecule has 0 unspecified atom stereocenters. The molecule has 5 aromatic rings. The van der Waals surface area contributed by atoms with E-state index in [-0.39, 0.29) is 55.3 Å². The number of aromatic nitrogens is 4. The number of β-amino-alcohol motifs (C(OH)–C–C–N with tert-alkyl or cyclic N) is 1. The predicted molar refractivity (Wildman–Crippen MR) is 206 cm³/mol. The molecule has 0 bridgehead atoms. The van der Waals surface area contributed by atoms with Crippen LogP contribution in [0.4, 0.5) is 0 Å². The van der Waals surface area contributed by atoms with Crippen LogP contribution in [0.2, 0.25) is 0 Å². The van der Waals surface area contributed by atoms with E-state index in [1.54, 1.807) is 23.5 Å². The highest BCUT2D eigenvalue weighted by molar-refractivity contribution is 7.13. The zero-order valence-corrected chi connectivity index (χ0v) is 31.7. The molecule has 2 aromatic carbocycles. The maximum atomic E-state index is 14.0. The molecule has 14 heteroatoms. The number of amides is 3. The zero-order chi connectivity index (χ0) is 38.1. The number of phenols is 1. The van der Waals surface area contributed by atoms with Crippen molar-refractivity contribution in [3.63, 3.8) is 0 Å². The van der Waals surface area contributed by atoms with Gasteiger partial charge in [0.1, 0.15) is 17.8 Å². The molecule has 54 heavy (non-hydrogen) atoms. The summed E-state index contributed by atoms with van der Waals surface area (Å²) in [4.78, 5) is 53.0. The lowest BCUT2D eigenvalue weighted by Gasteiger charge is -2.39. The Hall–Kier alpha value is -5.18. The number of thiazole rings is 1. The number of carbonyl (C=O) groups excluding carboxylic acids is 3. The second-order valence-electron chi connectivity index (χ2n) is 15.4. The molecule has 0 saturated carbocycles. The molecule has 3 amide bonds. The van der Waals surface area contributed by atoms with Crippen molar-refractivity contribution in [1.29, 1.82) is 0 Å². The number of hydrogen-bond donors (Lipinski definition) is 5. The summed E-state index contributed by atoms with van der Waals surface area (Å²) in [6, 6.07) is 15.2. The number of phenolic OH excluding ortho intramolecular Hbond substituents is 1. The Morgan fingerprint density at radius 1 is 1.06 bits per heavy atom. The number of carbonyl (C=O) groups is 3. The number of likely N-dealkylation sites (tertiary alicyclic amines) is 2. The summed E-state index contributed by atoms with van der Waals surface area (Å²) >= 11 is 1.58. The summed E-state index contributed by atoms with van der Waals surface area (Å²) in [6.07, 6.45) is 1.44. The number of aromatic hydroxyl groups is 1. The number of aliphatic hydroxyl groups is 1. The van der Waals surface area contributed by atoms with Gasteiger partial charge in [0.2, 0.25) is 17.7 Å². The number of aliphatic hydroxyl groups excluding tert-OH is 1. The van der Waals surface area contributed by atoms with Crippen molar-refractivity contribution in [2.75, 3.05) is 26.2 Å². The van der Waals surface area contributed by atoms with E-state index < -0.39 is 23.6 Å². The average molecular weight is 751 g/mol. The second kappa shape index (κ2) is 15.3. The number of hydrogen-bond acceptors (Lipinski definition) is 10. The molecular weight excluding hydrogens is 705 g/mol. The molecule has 2 fully saturated rings. The van der Waals surface area contributed by atoms with Gasteiger partial charge in [-0.1, -0.05) is 57.2 Å². The van der Waals surface area contributed by atoms with Crippen molar-refractivity contribution < 1.29 is 24.6 Å². The highest BCUT2D eigenvalue weighted by Crippen LogP contribution is 2.35. The first-order chi connectivity index (χ1) is 25.9. The maximum Gasteiger partial charge on any atom is 0.246 e. The van der Waals surface area contributed by atoms with E-state index in [0.717, 1.165) is 45.7 Å². The summed E-state index contributed by atoms with van der Waals surface area (Å²) in [5.74, 6) is -0.591. The Morgan fingerprint density at radius 3 is 2.52 bits per heavy atom. The fraction of sp³-hybridized carbons (Fsp3) is 0.400. The van der Waals surface area contributed by atoms with Crippen LogP contribution in [0.15, 0.2) is 66.3 Å². The number of nitrogens with zero attached hydrogens (tertiary/aromatic N) is 5. The number of benzene rings is 2. The number of para-hydroxylation sites is 1. The average Bonchev–Trinajstić information content (AvgIpc) is 3.86. The van der Waals surface area contributed by atoms with Crippen molar-refractivity contribution in [2.45, 2.75) is 71.2 Å². The molecule has 0 aliphatic carbocycles. The molecule has 7 rings (SSSR count). The normalized spacial score (nSPS) is 18.4. The fourth-order valence-corrected chi connectivity index (χ4v) is 8.14. The number of nitrogens with one attached hydrogen (secondary N) is 3. The molecule has 282 valence electrons. The maximum absolute atomic E-state index is 14.0. The van der Waals surface area contributed by atoms with Crippen LogP contribution in [0.25, 0.3) is 32.7 Å². The van der Waals surface area contributed by atoms with Crippen molar-refractivity contribution in [1.82, 2.24) is 40.6 Å². The van der Waals surface area contributed by atoms with Crippen LogP contribution in [-0.2, 0) is 20.9 Å². The van der Waals surface area contributed by atoms with Gasteiger partial charge in [-0.25, -0.2) is 4.98 Å². The first-order valence-electron chi connectivity index (χ1n) is 18.3. The quantitative estimate of drug-likeness (QED) is 0.131. The minimum absolute atomic E-state index is 0.0187. The number of aromatic amines is 1. The topological polar surface area (TPSA) is 177 Å². The van der Waals surface area contributed by atoms with E-state index in [9.17, 15) is 24.6 Å². The van der Waals surface area contributed by atoms with Gasteiger partial charge in [0.05, 0.1) is 27.9 Å². The van der Waals surface area contributed by atoms with Gasteiger partial charge in [-0.2, -0.15) is 0 Å². The summed E-state index contributed by atoms with van der Waals surface area (Å²) < 4.78 is 0. The number of aryl methyl sites for hydroxylation is 1. The molecule has 5 N–H and O–H groups in total. The van der Waals surface area contributed by atoms with Crippen molar-refractivity contribution in [2.24, 2.45) is 5.41 Å². The molecule has 5 heterocycles. The molecule has 0 radical (unpaired) electrons. The summed E-state index contributed by atoms with van der Waals surface area (Å²) in [5, 5.41) is 36.4. The number of rotatable bonds is 11. The standard InChI is InChI=1S/C40H46N8O5S/c1-23-35(54-22-43-23)25-11-9-24(10-12-25)17-42-38(52)32-15-27(49)21-48(32)39(53)36(40(2,3)4)44-34(51)13-14-47-19-26(20-47)30-18-41-37-29(30)16-31(45-46-37)28-7-5-6-8-33(28)50/h5-12,16,18,22,26-27,32,36,49-50H,13-15,17,19-21H2,1-4H3,(H,41,46)(H,42,52)(H,44,51)/t27-,32+,36-/m1/s1. The minimum atomic E-state index is -0.886. The van der Waals surface area contributed by atoms with Crippen molar-refractivity contribution in [3.05, 3.63) is 83.1 Å². The second-order valence-corrected chi connectivity index (χ2v) is 16.3. The van der Waals surface area contributed by atoms with Crippen LogP contribution < -0.4 is 10.6 Å². The smallest absolute Gasteiger partial charge is 0.246 e. The Morgan fingerprint density at radius 2 is 1.81 bits per heavy atom. The largest absolute Gasteiger partial charge is 0.507 e. The van der Waals surface area contributed by atoms with Gasteiger partial charge < -0.3 is 35.6 Å². The lowest BCUT2D eigenvalue weighted by atomic mass is 9.85. The first-order valence-corrected chi connectivity index (χ1v) is 19.1. The van der Waals surface area contributed by atoms with Gasteiger partial charge >= 0.3 is 0 Å². The van der Waals surface area contributed by atoms with Gasteiger partial charge in [0, 0.05) is 68.6 Å². The van der Waals surface area contributed by atoms with Crippen LogP contribution >= 0.6 is 11.3 Å². The van der Waals surface area contributed by atoms with Gasteiger partial charge in [0.15, 0.2) is 5.65 Å². The molecule has 13 nitrogen and oxygen atoms in total. The van der Waals surface area contributed by atoms with Gasteiger partial charge in [0.25, 0.3) is 0 Å². The highest BCUT2D eigenvalue weighted by atomic mass is 32.1. The summed E-state index contributed by atoms with van der Waals surface area (Å²) in [5.41, 5.74) is 7.12. The molecule has 2 aliphatic rings. The van der Waals surface area contributed by atoms with E-state index in [0.29, 0.717) is 23.4 Å². The third-order valence-electron chi connectivity index (χ3n) is 10.4. The van der Waals surface area contributed by atoms with Crippen LogP contribution in [0.3, 0.4) is 0 Å². The molecule has 2 saturated heterocycles. The van der Waals surface area contributed by atoms with E-state index in [4.69, 9.17) is 0 Å². The van der Waals surface area contributed by atoms with Crippen LogP contribution in [0.5, 0.6) is 5.75 Å². The third kappa shape index (κ3) is 7.86. The lowest BCUT2D eigenvalue weighted by molar-refractivity contribution is -0.144. The Kier molecular flexibility index (Phi) is 10.5. The van der Waals surface area contributed by atoms with Crippen molar-refractivity contribution >= 4 is 40.1 Å². The minimum Gasteiger partial charge on any atom is -0.507 e. The number of H-pyrrole nitrogens is 1. The number of fused-ring (bicyclic) bond motifs is 1. The highest BCUT2D eigenvalue weighted by Gasteiger charge is 2.44. The molecule has 3 aromatic heterocycles. The van der Waals surface area contributed by atoms with Crippen molar-refractivity contribution in [3.8, 4) is 27.4 Å². The van der Waals surface area contributed by atoms with Crippen LogP contribution in [-0.4, -0.2) is 102 Å². The van der Waals surface area contributed by atoms with Gasteiger partial charge in [-0.05, 0) is 47.2 Å². The third-order valence-corrected chi connectivity index (χ3v) is 11.4. The zero-order valence-electron chi connectivity index (χ0n) is 30.9. The van der Waals surface area contributed by atoms with E-state index in [1.165, 1.54) is 4.90 Å². The predicted octanol–water partition coefficient (Wildman–Crippen LogP) is 4.36. The first kappa shape index (κ1) is 37.1. The van der Waals surface area contributed by atoms with E-state index in [1.807, 2.05) is 81.9 Å². The van der Waals surface area contributed by atoms with E-state index >= 15 is 0 Å². The van der Waals surface area contributed by atoms with Crippen LogP contribution in [0.1, 0.15) is 56.4 Å². The molecule has 3 atom stereocenters. The monoisotopic (exact) mass is 750 g/mol. The Labute approximate surface area is 317 Å². The molecule has 2 aliphatic heterocycles. The fourth-order valence-electron chi connectivity index (χ4n) is 7.32. The van der Waals surface area contributed by atoms with Gasteiger partial charge in [-0.15, -0.1) is 21.5 Å². The Balaban J connectivity index is 0.926. The van der Waals surface area contributed by atoms with Crippen LogP contribution in [0, 0.1) is 12.3 Å². The van der Waals surface area contributed by atoms with E-state index in [2.05, 4.69) is 35.7 Å². The summed E-state index contributed by atoms with van der Waals surface area (Å²) in [7, 11) is 0. The SMILES string of the molecule is Cc1ncsc1-c1ccc(CNC(=O)[C@@H]2C[C@@H](O)CN2C(=O)[C@@H](NC(=O)CCN2CC(c3c[nH]c4nnc(-c5ccccc5O)cc34)C2)C(C)(C)C)cc1. The Bertz CT molecular complexity index is 2150. The lowest BCUT2D eigenvalue weighted by Crippen LogP contribution is -2.58. The molecule has 0 spiro atoms. The van der Waals surface area contributed by atoms with Gasteiger partial charge in [-0.3, -0.25) is 14.4 Å².